The van der Waals surface area contributed by atoms with Crippen molar-refractivity contribution in [3.63, 3.8) is 0 Å². The molecule has 6 heteroatoms. The van der Waals surface area contributed by atoms with Crippen molar-refractivity contribution in [1.82, 2.24) is 15.1 Å². The summed E-state index contributed by atoms with van der Waals surface area (Å²) >= 11 is 2.10. The van der Waals surface area contributed by atoms with Gasteiger partial charge >= 0.3 is 0 Å². The van der Waals surface area contributed by atoms with Crippen molar-refractivity contribution in [3.8, 4) is 5.75 Å². The van der Waals surface area contributed by atoms with Crippen LogP contribution >= 0.6 is 22.6 Å². The lowest BCUT2D eigenvalue weighted by atomic mass is 10.2. The average Bonchev–Trinajstić information content (AvgIpc) is 2.78. The number of nitrogens with zero attached hydrogens (tertiary/aromatic N) is 2. The molecule has 2 rings (SSSR count). The Morgan fingerprint density at radius 1 is 1.47 bits per heavy atom. The maximum atomic E-state index is 11.9. The molecule has 0 bridgehead atoms. The highest BCUT2D eigenvalue weighted by atomic mass is 127. The number of aromatic hydroxyl groups is 1. The smallest absolute Gasteiger partial charge is 0.255 e. The van der Waals surface area contributed by atoms with Crippen LogP contribution in [0.2, 0.25) is 0 Å². The summed E-state index contributed by atoms with van der Waals surface area (Å²) in [5.74, 6) is -0.275. The predicted octanol–water partition coefficient (Wildman–Crippen LogP) is 1.70. The van der Waals surface area contributed by atoms with Crippen LogP contribution in [0.25, 0.3) is 0 Å². The first kappa shape index (κ1) is 13.9. The summed E-state index contributed by atoms with van der Waals surface area (Å²) in [7, 11) is 1.85. The topological polar surface area (TPSA) is 67.2 Å². The van der Waals surface area contributed by atoms with E-state index in [1.54, 1.807) is 16.8 Å². The van der Waals surface area contributed by atoms with E-state index < -0.39 is 0 Å². The lowest BCUT2D eigenvalue weighted by Crippen LogP contribution is -2.26. The van der Waals surface area contributed by atoms with Crippen LogP contribution < -0.4 is 5.32 Å². The summed E-state index contributed by atoms with van der Waals surface area (Å²) in [5, 5.41) is 16.6. The van der Waals surface area contributed by atoms with Gasteiger partial charge in [0.1, 0.15) is 5.75 Å². The minimum atomic E-state index is -0.271. The quantitative estimate of drug-likeness (QED) is 0.805. The molecule has 0 aliphatic heterocycles. The van der Waals surface area contributed by atoms with Gasteiger partial charge in [-0.2, -0.15) is 5.10 Å². The fourth-order valence-corrected chi connectivity index (χ4v) is 2.18. The highest BCUT2D eigenvalue weighted by molar-refractivity contribution is 14.1. The van der Waals surface area contributed by atoms with Crippen molar-refractivity contribution in [2.75, 3.05) is 6.54 Å². The van der Waals surface area contributed by atoms with E-state index in [0.29, 0.717) is 18.5 Å². The van der Waals surface area contributed by atoms with Crippen molar-refractivity contribution in [1.29, 1.82) is 0 Å². The molecule has 5 nitrogen and oxygen atoms in total. The third kappa shape index (κ3) is 3.69. The third-order valence-electron chi connectivity index (χ3n) is 2.64. The second-order valence-electron chi connectivity index (χ2n) is 4.15. The Hall–Kier alpha value is -1.57. The molecule has 0 aliphatic rings. The van der Waals surface area contributed by atoms with E-state index in [0.717, 1.165) is 9.26 Å². The molecule has 1 amide bonds. The summed E-state index contributed by atoms with van der Waals surface area (Å²) in [6.07, 6.45) is 2.53. The number of hydrogen-bond donors (Lipinski definition) is 2. The second-order valence-corrected chi connectivity index (χ2v) is 5.39. The van der Waals surface area contributed by atoms with Gasteiger partial charge in [0.05, 0.1) is 11.3 Å². The van der Waals surface area contributed by atoms with E-state index in [1.165, 1.54) is 6.07 Å². The Morgan fingerprint density at radius 2 is 2.26 bits per heavy atom. The first-order chi connectivity index (χ1) is 9.06. The SMILES string of the molecule is Cn1ccc(CCNC(=O)c2cc(I)ccc2O)n1. The maximum absolute atomic E-state index is 11.9. The van der Waals surface area contributed by atoms with E-state index in [4.69, 9.17) is 0 Å². The molecule has 19 heavy (non-hydrogen) atoms. The monoisotopic (exact) mass is 371 g/mol. The number of phenolic OH excluding ortho intramolecular Hbond substituents is 1. The molecular formula is C13H14IN3O2. The first-order valence-corrected chi connectivity index (χ1v) is 6.89. The van der Waals surface area contributed by atoms with Crippen molar-refractivity contribution in [2.45, 2.75) is 6.42 Å². The highest BCUT2D eigenvalue weighted by Crippen LogP contribution is 2.19. The van der Waals surface area contributed by atoms with Gasteiger partial charge in [-0.3, -0.25) is 9.48 Å². The predicted molar refractivity (Wildman–Crippen MR) is 80.1 cm³/mol. The molecule has 2 aromatic rings. The number of benzene rings is 1. The Kier molecular flexibility index (Phi) is 4.41. The van der Waals surface area contributed by atoms with Crippen LogP contribution in [0.3, 0.4) is 0 Å². The molecule has 1 aromatic heterocycles. The fourth-order valence-electron chi connectivity index (χ4n) is 1.69. The van der Waals surface area contributed by atoms with Gasteiger partial charge in [0.2, 0.25) is 0 Å². The van der Waals surface area contributed by atoms with Crippen LogP contribution in [0.5, 0.6) is 5.75 Å². The van der Waals surface area contributed by atoms with E-state index in [-0.39, 0.29) is 11.7 Å². The summed E-state index contributed by atoms with van der Waals surface area (Å²) in [6, 6.07) is 6.84. The van der Waals surface area contributed by atoms with E-state index in [2.05, 4.69) is 33.0 Å². The molecule has 0 unspecified atom stereocenters. The Labute approximate surface area is 124 Å². The fraction of sp³-hybridized carbons (Fsp3) is 0.231. The molecule has 0 radical (unpaired) electrons. The number of phenols is 1. The molecule has 0 spiro atoms. The maximum Gasteiger partial charge on any atom is 0.255 e. The average molecular weight is 371 g/mol. The van der Waals surface area contributed by atoms with Gasteiger partial charge in [0.25, 0.3) is 5.91 Å². The van der Waals surface area contributed by atoms with Crippen molar-refractivity contribution in [3.05, 3.63) is 45.3 Å². The van der Waals surface area contributed by atoms with Crippen LogP contribution in [0.1, 0.15) is 16.1 Å². The Balaban J connectivity index is 1.92. The molecule has 1 aromatic carbocycles. The van der Waals surface area contributed by atoms with Crippen LogP contribution in [0, 0.1) is 3.57 Å². The lowest BCUT2D eigenvalue weighted by Gasteiger charge is -2.06. The van der Waals surface area contributed by atoms with Gasteiger partial charge < -0.3 is 10.4 Å². The molecule has 0 saturated heterocycles. The number of carbonyl (C=O) groups excluding carboxylic acids is 1. The minimum Gasteiger partial charge on any atom is -0.507 e. The third-order valence-corrected chi connectivity index (χ3v) is 3.31. The molecule has 2 N–H and O–H groups in total. The number of halogens is 1. The number of aromatic nitrogens is 2. The van der Waals surface area contributed by atoms with E-state index in [9.17, 15) is 9.90 Å². The largest absolute Gasteiger partial charge is 0.507 e. The van der Waals surface area contributed by atoms with Crippen LogP contribution in [0.4, 0.5) is 0 Å². The van der Waals surface area contributed by atoms with Crippen molar-refractivity contribution >= 4 is 28.5 Å². The standard InChI is InChI=1S/C13H14IN3O2/c1-17-7-5-10(16-17)4-6-15-13(19)11-8-9(14)2-3-12(11)18/h2-3,5,7-8,18H,4,6H2,1H3,(H,15,19). The van der Waals surface area contributed by atoms with Gasteiger partial charge in [-0.1, -0.05) is 0 Å². The van der Waals surface area contributed by atoms with Gasteiger partial charge in [-0.15, -0.1) is 0 Å². The van der Waals surface area contributed by atoms with E-state index >= 15 is 0 Å². The summed E-state index contributed by atoms with van der Waals surface area (Å²) in [4.78, 5) is 11.9. The van der Waals surface area contributed by atoms with Crippen molar-refractivity contribution < 1.29 is 9.90 Å². The number of rotatable bonds is 4. The number of aryl methyl sites for hydroxylation is 1. The lowest BCUT2D eigenvalue weighted by molar-refractivity contribution is 0.0951. The molecule has 0 atom stereocenters. The van der Waals surface area contributed by atoms with Crippen LogP contribution in [-0.4, -0.2) is 27.3 Å². The molecule has 1 heterocycles. The van der Waals surface area contributed by atoms with Gasteiger partial charge in [0.15, 0.2) is 0 Å². The zero-order valence-corrected chi connectivity index (χ0v) is 12.6. The second kappa shape index (κ2) is 6.05. The van der Waals surface area contributed by atoms with E-state index in [1.807, 2.05) is 19.3 Å². The van der Waals surface area contributed by atoms with Gasteiger partial charge in [-0.05, 0) is 46.9 Å². The van der Waals surface area contributed by atoms with Crippen LogP contribution in [-0.2, 0) is 13.5 Å². The van der Waals surface area contributed by atoms with Gasteiger partial charge in [-0.25, -0.2) is 0 Å². The number of nitrogens with one attached hydrogen (secondary N) is 1. The summed E-state index contributed by atoms with van der Waals surface area (Å²) in [5.41, 5.74) is 1.22. The number of amides is 1. The Bertz CT molecular complexity index is 595. The van der Waals surface area contributed by atoms with Crippen LogP contribution in [0.15, 0.2) is 30.5 Å². The zero-order chi connectivity index (χ0) is 13.8. The Morgan fingerprint density at radius 3 is 2.95 bits per heavy atom. The minimum absolute atomic E-state index is 0.00393. The van der Waals surface area contributed by atoms with Crippen molar-refractivity contribution in [2.24, 2.45) is 7.05 Å². The number of hydrogen-bond acceptors (Lipinski definition) is 3. The molecule has 0 aliphatic carbocycles. The van der Waals surface area contributed by atoms with Gasteiger partial charge in [0, 0.05) is 29.8 Å². The normalized spacial score (nSPS) is 10.4. The molecule has 0 saturated carbocycles. The first-order valence-electron chi connectivity index (χ1n) is 5.81. The molecular weight excluding hydrogens is 357 g/mol. The molecule has 0 fully saturated rings. The summed E-state index contributed by atoms with van der Waals surface area (Å²) < 4.78 is 2.63. The summed E-state index contributed by atoms with van der Waals surface area (Å²) in [6.45, 7) is 0.487. The number of carbonyl (C=O) groups is 1. The zero-order valence-electron chi connectivity index (χ0n) is 10.4. The highest BCUT2D eigenvalue weighted by Gasteiger charge is 2.11. The molecule has 100 valence electrons.